The Morgan fingerprint density at radius 2 is 2.00 bits per heavy atom. The first-order chi connectivity index (χ1) is 9.08. The molecule has 1 aliphatic heterocycles. The summed E-state index contributed by atoms with van der Waals surface area (Å²) < 4.78 is 1.03. The van der Waals surface area contributed by atoms with E-state index in [4.69, 9.17) is 0 Å². The lowest BCUT2D eigenvalue weighted by Crippen LogP contribution is -2.43. The minimum Gasteiger partial charge on any atom is -0.374 e. The van der Waals surface area contributed by atoms with Gasteiger partial charge in [0.05, 0.1) is 0 Å². The first-order valence-corrected chi connectivity index (χ1v) is 7.68. The number of nitrogens with one attached hydrogen (secondary N) is 1. The molecule has 1 fully saturated rings. The molecule has 1 unspecified atom stereocenters. The summed E-state index contributed by atoms with van der Waals surface area (Å²) >= 11 is 3.46. The van der Waals surface area contributed by atoms with Gasteiger partial charge in [-0.1, -0.05) is 22.0 Å². The van der Waals surface area contributed by atoms with Gasteiger partial charge in [-0.3, -0.25) is 4.79 Å². The van der Waals surface area contributed by atoms with Crippen LogP contribution in [0.2, 0.25) is 0 Å². The van der Waals surface area contributed by atoms with E-state index in [0.717, 1.165) is 41.7 Å². The maximum Gasteiger partial charge on any atom is 0.244 e. The highest BCUT2D eigenvalue weighted by atomic mass is 79.9. The van der Waals surface area contributed by atoms with Crippen molar-refractivity contribution in [3.63, 3.8) is 0 Å². The number of benzene rings is 1. The Labute approximate surface area is 123 Å². The maximum atomic E-state index is 12.4. The van der Waals surface area contributed by atoms with E-state index in [9.17, 15) is 4.79 Å². The van der Waals surface area contributed by atoms with E-state index in [-0.39, 0.29) is 11.9 Å². The van der Waals surface area contributed by atoms with Crippen molar-refractivity contribution in [1.29, 1.82) is 0 Å². The number of likely N-dealkylation sites (tertiary alicyclic amines) is 1. The molecule has 1 heterocycles. The number of nitrogens with zero attached hydrogens (tertiary/aromatic N) is 1. The second-order valence-corrected chi connectivity index (χ2v) is 6.13. The summed E-state index contributed by atoms with van der Waals surface area (Å²) in [5, 5.41) is 3.33. The summed E-state index contributed by atoms with van der Waals surface area (Å²) in [7, 11) is 0. The molecule has 1 aliphatic rings. The predicted molar refractivity (Wildman–Crippen MR) is 82.4 cm³/mol. The molecule has 0 radical (unpaired) electrons. The van der Waals surface area contributed by atoms with E-state index in [1.807, 2.05) is 36.9 Å². The summed E-state index contributed by atoms with van der Waals surface area (Å²) in [6, 6.07) is 5.91. The van der Waals surface area contributed by atoms with Crippen LogP contribution in [0.15, 0.2) is 22.7 Å². The van der Waals surface area contributed by atoms with Crippen molar-refractivity contribution in [2.45, 2.75) is 39.2 Å². The van der Waals surface area contributed by atoms with Gasteiger partial charge in [-0.2, -0.15) is 0 Å². The number of halogens is 1. The molecule has 0 bridgehead atoms. The van der Waals surface area contributed by atoms with E-state index in [1.54, 1.807) is 0 Å². The third-order valence-corrected chi connectivity index (χ3v) is 4.10. The highest BCUT2D eigenvalue weighted by Gasteiger charge is 2.22. The average Bonchev–Trinajstić information content (AvgIpc) is 2.43. The van der Waals surface area contributed by atoms with Crippen LogP contribution in [0.1, 0.15) is 31.7 Å². The largest absolute Gasteiger partial charge is 0.374 e. The molecule has 0 aromatic heterocycles. The number of aryl methyl sites for hydroxylation is 1. The molecular formula is C15H21BrN2O. The Kier molecular flexibility index (Phi) is 4.86. The molecule has 0 spiro atoms. The van der Waals surface area contributed by atoms with Gasteiger partial charge in [-0.15, -0.1) is 0 Å². The van der Waals surface area contributed by atoms with Gasteiger partial charge in [0, 0.05) is 23.2 Å². The van der Waals surface area contributed by atoms with E-state index in [1.165, 1.54) is 6.42 Å². The highest BCUT2D eigenvalue weighted by Crippen LogP contribution is 2.22. The van der Waals surface area contributed by atoms with Crippen molar-refractivity contribution in [2.75, 3.05) is 18.4 Å². The minimum atomic E-state index is -0.175. The number of anilines is 1. The summed E-state index contributed by atoms with van der Waals surface area (Å²) in [5.74, 6) is 0.207. The summed E-state index contributed by atoms with van der Waals surface area (Å²) in [6.45, 7) is 5.80. The van der Waals surface area contributed by atoms with E-state index < -0.39 is 0 Å². The molecule has 0 saturated carbocycles. The van der Waals surface area contributed by atoms with Crippen molar-refractivity contribution >= 4 is 27.5 Å². The fourth-order valence-electron chi connectivity index (χ4n) is 2.43. The number of piperidine rings is 1. The van der Waals surface area contributed by atoms with Gasteiger partial charge in [-0.25, -0.2) is 0 Å². The first kappa shape index (κ1) is 14.4. The predicted octanol–water partition coefficient (Wildman–Crippen LogP) is 3.57. The summed E-state index contributed by atoms with van der Waals surface area (Å²) in [5.41, 5.74) is 2.17. The van der Waals surface area contributed by atoms with Crippen LogP contribution in [0.3, 0.4) is 0 Å². The Morgan fingerprint density at radius 1 is 1.32 bits per heavy atom. The zero-order valence-electron chi connectivity index (χ0n) is 11.6. The van der Waals surface area contributed by atoms with Crippen molar-refractivity contribution in [3.05, 3.63) is 28.2 Å². The van der Waals surface area contributed by atoms with Gasteiger partial charge in [0.1, 0.15) is 6.04 Å². The Balaban J connectivity index is 2.01. The molecule has 1 atom stereocenters. The second-order valence-electron chi connectivity index (χ2n) is 5.21. The maximum absolute atomic E-state index is 12.4. The lowest BCUT2D eigenvalue weighted by Gasteiger charge is -2.30. The highest BCUT2D eigenvalue weighted by molar-refractivity contribution is 9.10. The number of rotatable bonds is 3. The standard InChI is InChI=1S/C15H21BrN2O/c1-11-6-7-13(16)10-14(11)17-12(2)15(19)18-8-4-3-5-9-18/h6-7,10,12,17H,3-5,8-9H2,1-2H3. The zero-order chi connectivity index (χ0) is 13.8. The first-order valence-electron chi connectivity index (χ1n) is 6.89. The van der Waals surface area contributed by atoms with Crippen LogP contribution in [0.5, 0.6) is 0 Å². The molecule has 1 aromatic rings. The van der Waals surface area contributed by atoms with Crippen molar-refractivity contribution in [3.8, 4) is 0 Å². The summed E-state index contributed by atoms with van der Waals surface area (Å²) in [4.78, 5) is 14.3. The number of carbonyl (C=O) groups is 1. The van der Waals surface area contributed by atoms with Crippen LogP contribution < -0.4 is 5.32 Å². The summed E-state index contributed by atoms with van der Waals surface area (Å²) in [6.07, 6.45) is 3.51. The average molecular weight is 325 g/mol. The lowest BCUT2D eigenvalue weighted by molar-refractivity contribution is -0.132. The number of carbonyl (C=O) groups excluding carboxylic acids is 1. The molecule has 1 aromatic carbocycles. The van der Waals surface area contributed by atoms with Crippen LogP contribution in [0.4, 0.5) is 5.69 Å². The molecule has 4 heteroatoms. The monoisotopic (exact) mass is 324 g/mol. The smallest absolute Gasteiger partial charge is 0.244 e. The molecule has 1 N–H and O–H groups in total. The van der Waals surface area contributed by atoms with Gasteiger partial charge in [0.15, 0.2) is 0 Å². The van der Waals surface area contributed by atoms with Gasteiger partial charge >= 0.3 is 0 Å². The van der Waals surface area contributed by atoms with Crippen LogP contribution >= 0.6 is 15.9 Å². The molecule has 1 amide bonds. The van der Waals surface area contributed by atoms with Crippen LogP contribution in [-0.2, 0) is 4.79 Å². The van der Waals surface area contributed by atoms with Crippen LogP contribution in [0, 0.1) is 6.92 Å². The zero-order valence-corrected chi connectivity index (χ0v) is 13.2. The minimum absolute atomic E-state index is 0.175. The van der Waals surface area contributed by atoms with Crippen LogP contribution in [-0.4, -0.2) is 29.9 Å². The lowest BCUT2D eigenvalue weighted by atomic mass is 10.1. The number of hydrogen-bond donors (Lipinski definition) is 1. The second kappa shape index (κ2) is 6.42. The molecule has 3 nitrogen and oxygen atoms in total. The Bertz CT molecular complexity index is 455. The van der Waals surface area contributed by atoms with Gasteiger partial charge in [0.25, 0.3) is 0 Å². The molecule has 104 valence electrons. The van der Waals surface area contributed by atoms with Crippen molar-refractivity contribution in [1.82, 2.24) is 4.90 Å². The third-order valence-electron chi connectivity index (χ3n) is 3.61. The SMILES string of the molecule is Cc1ccc(Br)cc1NC(C)C(=O)N1CCCCC1. The van der Waals surface area contributed by atoms with E-state index in [0.29, 0.717) is 0 Å². The van der Waals surface area contributed by atoms with Crippen LogP contribution in [0.25, 0.3) is 0 Å². The molecule has 1 saturated heterocycles. The van der Waals surface area contributed by atoms with E-state index >= 15 is 0 Å². The Hall–Kier alpha value is -1.03. The topological polar surface area (TPSA) is 32.3 Å². The molecule has 0 aliphatic carbocycles. The molecular weight excluding hydrogens is 304 g/mol. The fraction of sp³-hybridized carbons (Fsp3) is 0.533. The van der Waals surface area contributed by atoms with Crippen molar-refractivity contribution < 1.29 is 4.79 Å². The number of hydrogen-bond acceptors (Lipinski definition) is 2. The van der Waals surface area contributed by atoms with Gasteiger partial charge in [-0.05, 0) is 50.8 Å². The Morgan fingerprint density at radius 3 is 2.68 bits per heavy atom. The fourth-order valence-corrected chi connectivity index (χ4v) is 2.79. The molecule has 19 heavy (non-hydrogen) atoms. The number of amides is 1. The molecule has 2 rings (SSSR count). The van der Waals surface area contributed by atoms with Crippen molar-refractivity contribution in [2.24, 2.45) is 0 Å². The normalized spacial score (nSPS) is 17.1. The van der Waals surface area contributed by atoms with Gasteiger partial charge in [0.2, 0.25) is 5.91 Å². The van der Waals surface area contributed by atoms with E-state index in [2.05, 4.69) is 21.2 Å². The third kappa shape index (κ3) is 3.72. The van der Waals surface area contributed by atoms with Gasteiger partial charge < -0.3 is 10.2 Å². The quantitative estimate of drug-likeness (QED) is 0.921.